The van der Waals surface area contributed by atoms with E-state index in [0.717, 1.165) is 44.8 Å². The first-order valence-corrected chi connectivity index (χ1v) is 8.48. The maximum Gasteiger partial charge on any atom is 0.323 e. The molecular weight excluding hydrogens is 264 g/mol. The van der Waals surface area contributed by atoms with E-state index >= 15 is 0 Å². The highest BCUT2D eigenvalue weighted by molar-refractivity contribution is 5.79. The van der Waals surface area contributed by atoms with Gasteiger partial charge in [0.05, 0.1) is 0 Å². The molecule has 2 unspecified atom stereocenters. The van der Waals surface area contributed by atoms with Crippen LogP contribution in [0, 0.1) is 17.3 Å². The van der Waals surface area contributed by atoms with Crippen LogP contribution in [0.3, 0.4) is 0 Å². The molecule has 1 aliphatic heterocycles. The van der Waals surface area contributed by atoms with E-state index in [1.54, 1.807) is 0 Å². The van der Waals surface area contributed by atoms with E-state index in [2.05, 4.69) is 25.7 Å². The number of rotatable bonds is 4. The van der Waals surface area contributed by atoms with Gasteiger partial charge in [0.25, 0.3) is 0 Å². The Hall–Kier alpha value is -0.610. The summed E-state index contributed by atoms with van der Waals surface area (Å²) in [6.07, 6.45) is 6.03. The van der Waals surface area contributed by atoms with Gasteiger partial charge in [-0.3, -0.25) is 4.79 Å². The summed E-state index contributed by atoms with van der Waals surface area (Å²) >= 11 is 0. The largest absolute Gasteiger partial charge is 0.480 e. The van der Waals surface area contributed by atoms with Crippen LogP contribution in [0.5, 0.6) is 0 Å². The zero-order valence-corrected chi connectivity index (χ0v) is 13.9. The standard InChI is InChI=1S/C17H32N2O2/c1-16(2,3)13-6-10-19(11-7-13)12-8-14-5-4-9-17(14,18)15(20)21/h13-14H,4-12,18H2,1-3H3,(H,20,21). The van der Waals surface area contributed by atoms with Crippen LogP contribution in [0.15, 0.2) is 0 Å². The molecule has 4 nitrogen and oxygen atoms in total. The minimum atomic E-state index is -0.969. The number of nitrogens with two attached hydrogens (primary N) is 1. The maximum absolute atomic E-state index is 11.4. The highest BCUT2D eigenvalue weighted by Crippen LogP contribution is 2.37. The average molecular weight is 296 g/mol. The van der Waals surface area contributed by atoms with Crippen molar-refractivity contribution in [3.05, 3.63) is 0 Å². The Morgan fingerprint density at radius 3 is 2.43 bits per heavy atom. The van der Waals surface area contributed by atoms with Crippen LogP contribution in [-0.2, 0) is 4.79 Å². The summed E-state index contributed by atoms with van der Waals surface area (Å²) in [5.41, 5.74) is 5.56. The Balaban J connectivity index is 1.79. The smallest absolute Gasteiger partial charge is 0.323 e. The Bertz CT molecular complexity index is 369. The van der Waals surface area contributed by atoms with Crippen molar-refractivity contribution in [3.63, 3.8) is 0 Å². The van der Waals surface area contributed by atoms with E-state index in [-0.39, 0.29) is 5.92 Å². The lowest BCUT2D eigenvalue weighted by Gasteiger charge is -2.39. The van der Waals surface area contributed by atoms with Crippen molar-refractivity contribution in [3.8, 4) is 0 Å². The molecule has 0 aromatic rings. The molecule has 21 heavy (non-hydrogen) atoms. The lowest BCUT2D eigenvalue weighted by atomic mass is 9.75. The second-order valence-electron chi connectivity index (χ2n) is 8.21. The van der Waals surface area contributed by atoms with Gasteiger partial charge in [-0.1, -0.05) is 27.2 Å². The van der Waals surface area contributed by atoms with Gasteiger partial charge in [0.2, 0.25) is 0 Å². The summed E-state index contributed by atoms with van der Waals surface area (Å²) in [7, 11) is 0. The predicted octanol–water partition coefficient (Wildman–Crippen LogP) is 2.72. The highest BCUT2D eigenvalue weighted by atomic mass is 16.4. The molecular formula is C17H32N2O2. The number of aliphatic carboxylic acids is 1. The van der Waals surface area contributed by atoms with Crippen molar-refractivity contribution in [2.45, 2.75) is 64.8 Å². The number of piperidine rings is 1. The van der Waals surface area contributed by atoms with Crippen LogP contribution >= 0.6 is 0 Å². The molecule has 1 saturated heterocycles. The number of hydrogen-bond acceptors (Lipinski definition) is 3. The first-order valence-electron chi connectivity index (χ1n) is 8.48. The van der Waals surface area contributed by atoms with Crippen LogP contribution in [0.25, 0.3) is 0 Å². The van der Waals surface area contributed by atoms with Crippen molar-refractivity contribution in [1.82, 2.24) is 4.90 Å². The molecule has 0 amide bonds. The fraction of sp³-hybridized carbons (Fsp3) is 0.941. The number of hydrogen-bond donors (Lipinski definition) is 2. The molecule has 0 spiro atoms. The van der Waals surface area contributed by atoms with Gasteiger partial charge in [-0.05, 0) is 69.0 Å². The fourth-order valence-corrected chi connectivity index (χ4v) is 4.15. The second-order valence-corrected chi connectivity index (χ2v) is 8.21. The van der Waals surface area contributed by atoms with Crippen molar-refractivity contribution in [2.75, 3.05) is 19.6 Å². The van der Waals surface area contributed by atoms with E-state index < -0.39 is 11.5 Å². The summed E-state index contributed by atoms with van der Waals surface area (Å²) in [5, 5.41) is 9.37. The summed E-state index contributed by atoms with van der Waals surface area (Å²) in [4.78, 5) is 13.9. The van der Waals surface area contributed by atoms with Crippen LogP contribution in [-0.4, -0.2) is 41.1 Å². The minimum Gasteiger partial charge on any atom is -0.480 e. The third kappa shape index (κ3) is 3.78. The molecule has 2 aliphatic rings. The molecule has 2 rings (SSSR count). The van der Waals surface area contributed by atoms with Gasteiger partial charge < -0.3 is 15.7 Å². The first-order chi connectivity index (χ1) is 9.73. The monoisotopic (exact) mass is 296 g/mol. The van der Waals surface area contributed by atoms with Crippen LogP contribution in [0.1, 0.15) is 59.3 Å². The van der Waals surface area contributed by atoms with Crippen molar-refractivity contribution in [1.29, 1.82) is 0 Å². The van der Waals surface area contributed by atoms with Gasteiger partial charge in [-0.25, -0.2) is 0 Å². The number of nitrogens with zero attached hydrogens (tertiary/aromatic N) is 1. The quantitative estimate of drug-likeness (QED) is 0.837. The Kier molecular flexibility index (Phi) is 4.99. The van der Waals surface area contributed by atoms with Crippen LogP contribution in [0.2, 0.25) is 0 Å². The molecule has 1 heterocycles. The molecule has 0 aromatic heterocycles. The predicted molar refractivity (Wildman–Crippen MR) is 85.1 cm³/mol. The zero-order valence-electron chi connectivity index (χ0n) is 13.9. The average Bonchev–Trinajstić information content (AvgIpc) is 2.79. The molecule has 122 valence electrons. The normalized spacial score (nSPS) is 32.5. The van der Waals surface area contributed by atoms with Crippen LogP contribution < -0.4 is 5.73 Å². The topological polar surface area (TPSA) is 66.6 Å². The first kappa shape index (κ1) is 16.8. The van der Waals surface area contributed by atoms with E-state index in [0.29, 0.717) is 11.8 Å². The van der Waals surface area contributed by atoms with Crippen LogP contribution in [0.4, 0.5) is 0 Å². The lowest BCUT2D eigenvalue weighted by molar-refractivity contribution is -0.144. The van der Waals surface area contributed by atoms with E-state index in [1.807, 2.05) is 0 Å². The molecule has 1 saturated carbocycles. The molecule has 2 atom stereocenters. The van der Waals surface area contributed by atoms with E-state index in [1.165, 1.54) is 12.8 Å². The highest BCUT2D eigenvalue weighted by Gasteiger charge is 2.45. The molecule has 1 aliphatic carbocycles. The number of likely N-dealkylation sites (tertiary alicyclic amines) is 1. The Morgan fingerprint density at radius 1 is 1.29 bits per heavy atom. The van der Waals surface area contributed by atoms with E-state index in [4.69, 9.17) is 5.73 Å². The van der Waals surface area contributed by atoms with Crippen molar-refractivity contribution in [2.24, 2.45) is 23.0 Å². The van der Waals surface area contributed by atoms with Gasteiger partial charge in [-0.15, -0.1) is 0 Å². The van der Waals surface area contributed by atoms with Gasteiger partial charge in [-0.2, -0.15) is 0 Å². The van der Waals surface area contributed by atoms with Gasteiger partial charge in [0, 0.05) is 0 Å². The fourth-order valence-electron chi connectivity index (χ4n) is 4.15. The van der Waals surface area contributed by atoms with Crippen molar-refractivity contribution >= 4 is 5.97 Å². The Morgan fingerprint density at radius 2 is 1.90 bits per heavy atom. The van der Waals surface area contributed by atoms with Gasteiger partial charge >= 0.3 is 5.97 Å². The molecule has 3 N–H and O–H groups in total. The number of carbonyl (C=O) groups is 1. The number of carboxylic acids is 1. The van der Waals surface area contributed by atoms with E-state index in [9.17, 15) is 9.90 Å². The van der Waals surface area contributed by atoms with Gasteiger partial charge in [0.1, 0.15) is 5.54 Å². The molecule has 0 radical (unpaired) electrons. The van der Waals surface area contributed by atoms with Gasteiger partial charge in [0.15, 0.2) is 0 Å². The summed E-state index contributed by atoms with van der Waals surface area (Å²) in [6, 6.07) is 0. The minimum absolute atomic E-state index is 0.148. The third-order valence-corrected chi connectivity index (χ3v) is 5.88. The number of carboxylic acid groups (broad SMARTS) is 1. The Labute approximate surface area is 129 Å². The molecule has 4 heteroatoms. The summed E-state index contributed by atoms with van der Waals surface area (Å²) in [5.74, 6) is 0.152. The second kappa shape index (κ2) is 6.25. The third-order valence-electron chi connectivity index (χ3n) is 5.88. The SMILES string of the molecule is CC(C)(C)C1CCN(CCC2CCCC2(N)C(=O)O)CC1. The lowest BCUT2D eigenvalue weighted by Crippen LogP contribution is -2.51. The summed E-state index contributed by atoms with van der Waals surface area (Å²) in [6.45, 7) is 10.3. The molecule has 0 aromatic carbocycles. The maximum atomic E-state index is 11.4. The zero-order chi connectivity index (χ0) is 15.7. The molecule has 0 bridgehead atoms. The molecule has 2 fully saturated rings. The van der Waals surface area contributed by atoms with Crippen molar-refractivity contribution < 1.29 is 9.90 Å². The summed E-state index contributed by atoms with van der Waals surface area (Å²) < 4.78 is 0.